The summed E-state index contributed by atoms with van der Waals surface area (Å²) in [4.78, 5) is 25.6. The largest absolute Gasteiger partial charge is 0.481 e. The van der Waals surface area contributed by atoms with Crippen molar-refractivity contribution >= 4 is 23.6 Å². The number of nitrogens with zero attached hydrogens (tertiary/aromatic N) is 1. The van der Waals surface area contributed by atoms with Crippen molar-refractivity contribution in [2.45, 2.75) is 45.1 Å². The summed E-state index contributed by atoms with van der Waals surface area (Å²) in [5, 5.41) is 9.26. The number of carbonyl (C=O) groups is 2. The van der Waals surface area contributed by atoms with Crippen molar-refractivity contribution in [3.63, 3.8) is 0 Å². The van der Waals surface area contributed by atoms with Crippen LogP contribution in [0.15, 0.2) is 0 Å². The minimum atomic E-state index is -0.815. The van der Waals surface area contributed by atoms with E-state index in [2.05, 4.69) is 6.92 Å². The van der Waals surface area contributed by atoms with E-state index in [1.165, 1.54) is 0 Å². The van der Waals surface area contributed by atoms with Crippen LogP contribution in [0.3, 0.4) is 0 Å². The molecule has 1 saturated carbocycles. The van der Waals surface area contributed by atoms with E-state index >= 15 is 0 Å². The summed E-state index contributed by atoms with van der Waals surface area (Å²) >= 11 is 1.72. The quantitative estimate of drug-likeness (QED) is 0.815. The fourth-order valence-corrected chi connectivity index (χ4v) is 3.70. The summed E-state index contributed by atoms with van der Waals surface area (Å²) in [6.07, 6.45) is 6.18. The molecule has 1 aliphatic carbocycles. The molecule has 0 aromatic rings. The van der Waals surface area contributed by atoms with Crippen LogP contribution in [0, 0.1) is 11.8 Å². The third-order valence-corrected chi connectivity index (χ3v) is 4.84. The predicted molar refractivity (Wildman–Crippen MR) is 78.3 cm³/mol. The number of amides is 1. The number of hydrogen-bond acceptors (Lipinski definition) is 3. The molecule has 5 heteroatoms. The van der Waals surface area contributed by atoms with Gasteiger partial charge in [-0.15, -0.1) is 0 Å². The molecule has 3 atom stereocenters. The first kappa shape index (κ1) is 16.3. The van der Waals surface area contributed by atoms with Crippen molar-refractivity contribution in [3.05, 3.63) is 0 Å². The zero-order chi connectivity index (χ0) is 14.4. The zero-order valence-electron chi connectivity index (χ0n) is 12.1. The topological polar surface area (TPSA) is 57.6 Å². The molecule has 0 bridgehead atoms. The Kier molecular flexibility index (Phi) is 6.69. The number of rotatable bonds is 6. The Hall–Kier alpha value is -0.710. The molecule has 0 aliphatic heterocycles. The SMILES string of the molecule is CCC(CSC)N(C)C(=O)[C@@H]1CCCC[C@@H]1C(=O)O. The lowest BCUT2D eigenvalue weighted by Gasteiger charge is -2.34. The summed E-state index contributed by atoms with van der Waals surface area (Å²) in [7, 11) is 1.82. The number of thioether (sulfide) groups is 1. The highest BCUT2D eigenvalue weighted by molar-refractivity contribution is 7.98. The van der Waals surface area contributed by atoms with Crippen LogP contribution < -0.4 is 0 Å². The van der Waals surface area contributed by atoms with Gasteiger partial charge in [-0.25, -0.2) is 0 Å². The second-order valence-corrected chi connectivity index (χ2v) is 6.21. The molecule has 1 N–H and O–H groups in total. The van der Waals surface area contributed by atoms with Gasteiger partial charge in [0.15, 0.2) is 0 Å². The first-order chi connectivity index (χ1) is 9.02. The molecular weight excluding hydrogens is 262 g/mol. The van der Waals surface area contributed by atoms with Gasteiger partial charge in [0, 0.05) is 18.8 Å². The van der Waals surface area contributed by atoms with E-state index in [1.807, 2.05) is 13.3 Å². The van der Waals surface area contributed by atoms with Crippen LogP contribution in [0.2, 0.25) is 0 Å². The van der Waals surface area contributed by atoms with Gasteiger partial charge < -0.3 is 10.0 Å². The highest BCUT2D eigenvalue weighted by Gasteiger charge is 2.38. The van der Waals surface area contributed by atoms with Crippen LogP contribution in [-0.2, 0) is 9.59 Å². The van der Waals surface area contributed by atoms with Crippen molar-refractivity contribution in [1.29, 1.82) is 0 Å². The molecule has 0 radical (unpaired) electrons. The number of carboxylic acid groups (broad SMARTS) is 1. The molecule has 4 nitrogen and oxygen atoms in total. The lowest BCUT2D eigenvalue weighted by atomic mass is 9.78. The summed E-state index contributed by atoms with van der Waals surface area (Å²) in [6, 6.07) is 0.207. The number of hydrogen-bond donors (Lipinski definition) is 1. The van der Waals surface area contributed by atoms with Gasteiger partial charge in [0.2, 0.25) is 5.91 Å². The molecule has 19 heavy (non-hydrogen) atoms. The van der Waals surface area contributed by atoms with Gasteiger partial charge in [0.05, 0.1) is 11.8 Å². The van der Waals surface area contributed by atoms with Crippen LogP contribution in [0.1, 0.15) is 39.0 Å². The van der Waals surface area contributed by atoms with Gasteiger partial charge >= 0.3 is 5.97 Å². The third kappa shape index (κ3) is 4.13. The molecule has 0 aromatic heterocycles. The van der Waals surface area contributed by atoms with Crippen molar-refractivity contribution in [2.75, 3.05) is 19.1 Å². The molecule has 1 fully saturated rings. The Bertz CT molecular complexity index is 322. The number of carbonyl (C=O) groups excluding carboxylic acids is 1. The van der Waals surface area contributed by atoms with E-state index in [4.69, 9.17) is 0 Å². The Morgan fingerprint density at radius 2 is 1.89 bits per heavy atom. The van der Waals surface area contributed by atoms with Crippen molar-refractivity contribution in [2.24, 2.45) is 11.8 Å². The van der Waals surface area contributed by atoms with E-state index in [9.17, 15) is 14.7 Å². The van der Waals surface area contributed by atoms with E-state index in [1.54, 1.807) is 16.7 Å². The average Bonchev–Trinajstić information content (AvgIpc) is 2.43. The molecule has 0 heterocycles. The maximum Gasteiger partial charge on any atom is 0.307 e. The van der Waals surface area contributed by atoms with Gasteiger partial charge in [0.1, 0.15) is 0 Å². The fourth-order valence-electron chi connectivity index (χ4n) is 2.86. The second kappa shape index (κ2) is 7.78. The van der Waals surface area contributed by atoms with E-state index in [-0.39, 0.29) is 17.9 Å². The first-order valence-corrected chi connectivity index (χ1v) is 8.40. The maximum absolute atomic E-state index is 12.5. The summed E-state index contributed by atoms with van der Waals surface area (Å²) in [5.41, 5.74) is 0. The van der Waals surface area contributed by atoms with Crippen molar-refractivity contribution < 1.29 is 14.7 Å². The van der Waals surface area contributed by atoms with E-state index in [0.29, 0.717) is 6.42 Å². The zero-order valence-corrected chi connectivity index (χ0v) is 12.9. The van der Waals surface area contributed by atoms with Gasteiger partial charge in [0.25, 0.3) is 0 Å². The monoisotopic (exact) mass is 287 g/mol. The van der Waals surface area contributed by atoms with Gasteiger partial charge in [-0.3, -0.25) is 9.59 Å². The van der Waals surface area contributed by atoms with Crippen molar-refractivity contribution in [3.8, 4) is 0 Å². The van der Waals surface area contributed by atoms with Gasteiger partial charge in [-0.05, 0) is 25.5 Å². The van der Waals surface area contributed by atoms with Gasteiger partial charge in [-0.1, -0.05) is 19.8 Å². The summed E-state index contributed by atoms with van der Waals surface area (Å²) in [5.74, 6) is -0.705. The van der Waals surface area contributed by atoms with E-state index < -0.39 is 11.9 Å². The lowest BCUT2D eigenvalue weighted by molar-refractivity contribution is -0.152. The molecule has 1 aliphatic rings. The van der Waals surface area contributed by atoms with Gasteiger partial charge in [-0.2, -0.15) is 11.8 Å². The minimum absolute atomic E-state index is 0.0213. The van der Waals surface area contributed by atoms with Crippen LogP contribution >= 0.6 is 11.8 Å². The minimum Gasteiger partial charge on any atom is -0.481 e. The second-order valence-electron chi connectivity index (χ2n) is 5.30. The summed E-state index contributed by atoms with van der Waals surface area (Å²) < 4.78 is 0. The Labute approximate surface area is 119 Å². The molecule has 1 unspecified atom stereocenters. The molecule has 0 spiro atoms. The van der Waals surface area contributed by atoms with Crippen LogP contribution in [0.5, 0.6) is 0 Å². The smallest absolute Gasteiger partial charge is 0.307 e. The fraction of sp³-hybridized carbons (Fsp3) is 0.857. The third-order valence-electron chi connectivity index (χ3n) is 4.13. The predicted octanol–water partition coefficient (Wildman–Crippen LogP) is 2.48. The van der Waals surface area contributed by atoms with Crippen LogP contribution in [-0.4, -0.2) is 47.0 Å². The van der Waals surface area contributed by atoms with E-state index in [0.717, 1.165) is 31.4 Å². The summed E-state index contributed by atoms with van der Waals surface area (Å²) in [6.45, 7) is 2.07. The number of aliphatic carboxylic acids is 1. The highest BCUT2D eigenvalue weighted by Crippen LogP contribution is 2.32. The van der Waals surface area contributed by atoms with Crippen LogP contribution in [0.4, 0.5) is 0 Å². The average molecular weight is 287 g/mol. The molecule has 0 aromatic carbocycles. The first-order valence-electron chi connectivity index (χ1n) is 7.01. The number of carboxylic acids is 1. The Morgan fingerprint density at radius 3 is 2.37 bits per heavy atom. The highest BCUT2D eigenvalue weighted by atomic mass is 32.2. The molecular formula is C14H25NO3S. The molecule has 0 saturated heterocycles. The maximum atomic E-state index is 12.5. The molecule has 110 valence electrons. The normalized spacial score (nSPS) is 24.8. The lowest BCUT2D eigenvalue weighted by Crippen LogP contribution is -2.45. The van der Waals surface area contributed by atoms with Crippen LogP contribution in [0.25, 0.3) is 0 Å². The standard InChI is InChI=1S/C14H25NO3S/c1-4-10(9-19-3)15(2)13(16)11-7-5-6-8-12(11)14(17)18/h10-12H,4-9H2,1-3H3,(H,17,18)/t10?,11-,12+/m1/s1. The molecule has 1 amide bonds. The Morgan fingerprint density at radius 1 is 1.32 bits per heavy atom. The Balaban J connectivity index is 2.75. The molecule has 1 rings (SSSR count). The van der Waals surface area contributed by atoms with Crippen molar-refractivity contribution in [1.82, 2.24) is 4.90 Å².